The lowest BCUT2D eigenvalue weighted by atomic mass is 10.1. The van der Waals surface area contributed by atoms with Crippen molar-refractivity contribution in [3.8, 4) is 0 Å². The van der Waals surface area contributed by atoms with Gasteiger partial charge in [-0.3, -0.25) is 4.90 Å². The van der Waals surface area contributed by atoms with Crippen molar-refractivity contribution in [3.63, 3.8) is 0 Å². The summed E-state index contributed by atoms with van der Waals surface area (Å²) in [7, 11) is 0. The molecule has 3 aromatic rings. The van der Waals surface area contributed by atoms with E-state index in [2.05, 4.69) is 43.4 Å². The monoisotopic (exact) mass is 419 g/mol. The van der Waals surface area contributed by atoms with Gasteiger partial charge in [-0.25, -0.2) is 0 Å². The first kappa shape index (κ1) is 20.5. The molecule has 1 aliphatic heterocycles. The van der Waals surface area contributed by atoms with Crippen LogP contribution in [0.4, 0.5) is 19.0 Å². The Labute approximate surface area is 172 Å². The normalized spacial score (nSPS) is 16.3. The van der Waals surface area contributed by atoms with E-state index in [0.717, 1.165) is 49.3 Å². The predicted molar refractivity (Wildman–Crippen MR) is 107 cm³/mol. The van der Waals surface area contributed by atoms with Crippen LogP contribution < -0.4 is 5.32 Å². The molecule has 1 N–H and O–H groups in total. The lowest BCUT2D eigenvalue weighted by Crippen LogP contribution is -2.45. The SMILES string of the molecule is CCN1CCN(Cc2ccccc2CNc2ccc3nnc(C(F)(F)F)n3n2)CC1. The van der Waals surface area contributed by atoms with E-state index in [4.69, 9.17) is 0 Å². The Hall–Kier alpha value is -2.72. The fraction of sp³-hybridized carbons (Fsp3) is 0.450. The molecule has 10 heteroatoms. The molecule has 7 nitrogen and oxygen atoms in total. The molecule has 4 rings (SSSR count). The Morgan fingerprint density at radius 3 is 2.33 bits per heavy atom. The maximum absolute atomic E-state index is 13.1. The highest BCUT2D eigenvalue weighted by atomic mass is 19.4. The van der Waals surface area contributed by atoms with Crippen LogP contribution in [0.5, 0.6) is 0 Å². The average Bonchev–Trinajstić information content (AvgIpc) is 3.17. The van der Waals surface area contributed by atoms with Gasteiger partial charge in [-0.1, -0.05) is 31.2 Å². The van der Waals surface area contributed by atoms with Crippen molar-refractivity contribution in [2.75, 3.05) is 38.0 Å². The van der Waals surface area contributed by atoms with Crippen LogP contribution in [-0.2, 0) is 19.3 Å². The van der Waals surface area contributed by atoms with Crippen molar-refractivity contribution in [2.45, 2.75) is 26.2 Å². The van der Waals surface area contributed by atoms with Crippen LogP contribution >= 0.6 is 0 Å². The zero-order valence-corrected chi connectivity index (χ0v) is 16.7. The lowest BCUT2D eigenvalue weighted by molar-refractivity contribution is -0.146. The van der Waals surface area contributed by atoms with Gasteiger partial charge >= 0.3 is 6.18 Å². The van der Waals surface area contributed by atoms with E-state index >= 15 is 0 Å². The fourth-order valence-electron chi connectivity index (χ4n) is 3.63. The smallest absolute Gasteiger partial charge is 0.365 e. The largest absolute Gasteiger partial charge is 0.453 e. The van der Waals surface area contributed by atoms with Gasteiger partial charge in [-0.05, 0) is 29.8 Å². The van der Waals surface area contributed by atoms with E-state index in [9.17, 15) is 13.2 Å². The highest BCUT2D eigenvalue weighted by Crippen LogP contribution is 2.27. The molecule has 30 heavy (non-hydrogen) atoms. The molecule has 0 spiro atoms. The number of aromatic nitrogens is 4. The summed E-state index contributed by atoms with van der Waals surface area (Å²) in [6, 6.07) is 11.2. The van der Waals surface area contributed by atoms with E-state index in [-0.39, 0.29) is 5.65 Å². The molecule has 0 amide bonds. The van der Waals surface area contributed by atoms with Gasteiger partial charge in [0.25, 0.3) is 5.82 Å². The molecule has 1 aromatic carbocycles. The first-order valence-electron chi connectivity index (χ1n) is 9.99. The Morgan fingerprint density at radius 1 is 0.933 bits per heavy atom. The number of alkyl halides is 3. The second-order valence-electron chi connectivity index (χ2n) is 7.34. The van der Waals surface area contributed by atoms with E-state index in [1.807, 2.05) is 18.2 Å². The Balaban J connectivity index is 1.45. The second-order valence-corrected chi connectivity index (χ2v) is 7.34. The number of hydrogen-bond donors (Lipinski definition) is 1. The number of rotatable bonds is 6. The molecule has 1 aliphatic rings. The van der Waals surface area contributed by atoms with Crippen LogP contribution in [0.1, 0.15) is 23.9 Å². The molecule has 1 fully saturated rings. The maximum atomic E-state index is 13.1. The Morgan fingerprint density at radius 2 is 1.63 bits per heavy atom. The fourth-order valence-corrected chi connectivity index (χ4v) is 3.63. The van der Waals surface area contributed by atoms with E-state index in [1.54, 1.807) is 6.07 Å². The molecule has 160 valence electrons. The average molecular weight is 419 g/mol. The van der Waals surface area contributed by atoms with Crippen molar-refractivity contribution in [2.24, 2.45) is 0 Å². The standard InChI is InChI=1S/C20H24F3N7/c1-2-28-9-11-29(12-10-28)14-16-6-4-3-5-15(16)13-24-17-7-8-18-25-26-19(20(21,22)23)30(18)27-17/h3-8H,2,9-14H2,1H3,(H,24,27). The maximum Gasteiger partial charge on any atom is 0.453 e. The van der Waals surface area contributed by atoms with Crippen LogP contribution in [0.3, 0.4) is 0 Å². The van der Waals surface area contributed by atoms with Gasteiger partial charge in [-0.15, -0.1) is 15.3 Å². The number of anilines is 1. The van der Waals surface area contributed by atoms with Gasteiger partial charge in [0, 0.05) is 39.3 Å². The number of nitrogens with one attached hydrogen (secondary N) is 1. The zero-order valence-electron chi connectivity index (χ0n) is 16.7. The molecular formula is C20H24F3N7. The Kier molecular flexibility index (Phi) is 5.87. The first-order valence-corrected chi connectivity index (χ1v) is 9.99. The number of nitrogens with zero attached hydrogens (tertiary/aromatic N) is 6. The molecular weight excluding hydrogens is 395 g/mol. The van der Waals surface area contributed by atoms with Crippen LogP contribution in [0.25, 0.3) is 5.65 Å². The molecule has 0 radical (unpaired) electrons. The third-order valence-corrected chi connectivity index (χ3v) is 5.40. The minimum atomic E-state index is -4.61. The van der Waals surface area contributed by atoms with Crippen LogP contribution in [0.15, 0.2) is 36.4 Å². The van der Waals surface area contributed by atoms with Crippen molar-refractivity contribution in [3.05, 3.63) is 53.3 Å². The minimum Gasteiger partial charge on any atom is -0.365 e. The summed E-state index contributed by atoms with van der Waals surface area (Å²) in [5.41, 5.74) is 2.35. The number of halogens is 3. The van der Waals surface area contributed by atoms with Gasteiger partial charge in [0.15, 0.2) is 5.65 Å². The molecule has 3 heterocycles. The van der Waals surface area contributed by atoms with E-state index < -0.39 is 12.0 Å². The third kappa shape index (κ3) is 4.54. The van der Waals surface area contributed by atoms with Crippen LogP contribution in [-0.4, -0.2) is 62.3 Å². The van der Waals surface area contributed by atoms with Gasteiger partial charge in [0.1, 0.15) is 5.82 Å². The minimum absolute atomic E-state index is 0.0551. The molecule has 0 atom stereocenters. The number of hydrogen-bond acceptors (Lipinski definition) is 6. The van der Waals surface area contributed by atoms with Crippen molar-refractivity contribution in [1.82, 2.24) is 29.6 Å². The molecule has 2 aromatic heterocycles. The third-order valence-electron chi connectivity index (χ3n) is 5.40. The summed E-state index contributed by atoms with van der Waals surface area (Å²) in [5.74, 6) is -0.799. The number of piperazine rings is 1. The van der Waals surface area contributed by atoms with E-state index in [0.29, 0.717) is 12.4 Å². The van der Waals surface area contributed by atoms with Crippen molar-refractivity contribution < 1.29 is 13.2 Å². The Bertz CT molecular complexity index is 993. The quantitative estimate of drug-likeness (QED) is 0.663. The molecule has 0 unspecified atom stereocenters. The highest BCUT2D eigenvalue weighted by molar-refractivity contribution is 5.45. The predicted octanol–water partition coefficient (Wildman–Crippen LogP) is 2.89. The molecule has 0 aliphatic carbocycles. The zero-order chi connectivity index (χ0) is 21.1. The summed E-state index contributed by atoms with van der Waals surface area (Å²) in [6.45, 7) is 8.78. The summed E-state index contributed by atoms with van der Waals surface area (Å²) in [6.07, 6.45) is -4.61. The van der Waals surface area contributed by atoms with Gasteiger partial charge in [-0.2, -0.15) is 17.7 Å². The van der Waals surface area contributed by atoms with Crippen LogP contribution in [0.2, 0.25) is 0 Å². The van der Waals surface area contributed by atoms with Gasteiger partial charge < -0.3 is 10.2 Å². The summed E-state index contributed by atoms with van der Waals surface area (Å²) >= 11 is 0. The number of likely N-dealkylation sites (N-methyl/N-ethyl adjacent to an activating group) is 1. The number of benzene rings is 1. The van der Waals surface area contributed by atoms with Crippen LogP contribution in [0, 0.1) is 0 Å². The summed E-state index contributed by atoms with van der Waals surface area (Å²) in [4.78, 5) is 4.87. The van der Waals surface area contributed by atoms with Gasteiger partial charge in [0.05, 0.1) is 0 Å². The first-order chi connectivity index (χ1) is 14.4. The summed E-state index contributed by atoms with van der Waals surface area (Å²) < 4.78 is 39.9. The van der Waals surface area contributed by atoms with Crippen molar-refractivity contribution >= 4 is 11.5 Å². The van der Waals surface area contributed by atoms with Gasteiger partial charge in [0.2, 0.25) is 0 Å². The second kappa shape index (κ2) is 8.57. The molecule has 0 bridgehead atoms. The highest BCUT2D eigenvalue weighted by Gasteiger charge is 2.37. The van der Waals surface area contributed by atoms with E-state index in [1.165, 1.54) is 11.6 Å². The topological polar surface area (TPSA) is 61.6 Å². The lowest BCUT2D eigenvalue weighted by Gasteiger charge is -2.34. The van der Waals surface area contributed by atoms with Crippen molar-refractivity contribution in [1.29, 1.82) is 0 Å². The molecule has 0 saturated carbocycles. The number of fused-ring (bicyclic) bond motifs is 1. The summed E-state index contributed by atoms with van der Waals surface area (Å²) in [5, 5.41) is 13.9. The molecule has 1 saturated heterocycles.